The first-order valence-electron chi connectivity index (χ1n) is 6.56. The summed E-state index contributed by atoms with van der Waals surface area (Å²) in [5.74, 6) is -0.301. The summed E-state index contributed by atoms with van der Waals surface area (Å²) in [5, 5.41) is 10.0. The summed E-state index contributed by atoms with van der Waals surface area (Å²) in [7, 11) is 2.93. The zero-order valence-corrected chi connectivity index (χ0v) is 12.2. The molecule has 1 N–H and O–H groups in total. The van der Waals surface area contributed by atoms with Crippen LogP contribution in [0.2, 0.25) is 0 Å². The van der Waals surface area contributed by atoms with Gasteiger partial charge >= 0.3 is 5.97 Å². The molecule has 0 spiro atoms. The van der Waals surface area contributed by atoms with Gasteiger partial charge in [0.05, 0.1) is 25.2 Å². The molecule has 2 rings (SSSR count). The molecule has 6 heteroatoms. The molecular formula is C15H17NO5. The number of aryl methyl sites for hydroxylation is 1. The lowest BCUT2D eigenvalue weighted by molar-refractivity contribution is 0.0698. The number of aromatic nitrogens is 1. The fourth-order valence-corrected chi connectivity index (χ4v) is 2.29. The Bertz CT molecular complexity index is 748. The Labute approximate surface area is 121 Å². The van der Waals surface area contributed by atoms with Crippen LogP contribution < -0.4 is 15.0 Å². The van der Waals surface area contributed by atoms with Gasteiger partial charge in [0.25, 0.3) is 5.56 Å². The van der Waals surface area contributed by atoms with E-state index >= 15 is 0 Å². The SMILES string of the molecule is CCCn1cc(C(=O)O)c2cc(OC)c(OC)cc2c1=O. The predicted molar refractivity (Wildman–Crippen MR) is 78.6 cm³/mol. The second-order valence-corrected chi connectivity index (χ2v) is 4.60. The number of hydrogen-bond donors (Lipinski definition) is 1. The molecule has 0 aliphatic carbocycles. The zero-order chi connectivity index (χ0) is 15.6. The maximum Gasteiger partial charge on any atom is 0.337 e. The van der Waals surface area contributed by atoms with E-state index < -0.39 is 5.97 Å². The average Bonchev–Trinajstić information content (AvgIpc) is 2.48. The van der Waals surface area contributed by atoms with E-state index in [1.165, 1.54) is 37.1 Å². The Morgan fingerprint density at radius 1 is 1.19 bits per heavy atom. The number of carbonyl (C=O) groups is 1. The van der Waals surface area contributed by atoms with Crippen LogP contribution in [0.1, 0.15) is 23.7 Å². The van der Waals surface area contributed by atoms with Crippen molar-refractivity contribution in [2.24, 2.45) is 0 Å². The topological polar surface area (TPSA) is 77.8 Å². The van der Waals surface area contributed by atoms with Crippen molar-refractivity contribution in [3.05, 3.63) is 34.2 Å². The number of fused-ring (bicyclic) bond motifs is 1. The summed E-state index contributed by atoms with van der Waals surface area (Å²) in [6.45, 7) is 2.38. The van der Waals surface area contributed by atoms with Crippen LogP contribution in [0, 0.1) is 0 Å². The average molecular weight is 291 g/mol. The van der Waals surface area contributed by atoms with E-state index in [4.69, 9.17) is 9.47 Å². The molecule has 0 radical (unpaired) electrons. The second kappa shape index (κ2) is 5.87. The quantitative estimate of drug-likeness (QED) is 0.913. The number of methoxy groups -OCH3 is 2. The number of carboxylic acid groups (broad SMARTS) is 1. The lowest BCUT2D eigenvalue weighted by Gasteiger charge is -2.13. The number of rotatable bonds is 5. The number of hydrogen-bond acceptors (Lipinski definition) is 4. The maximum atomic E-state index is 12.4. The normalized spacial score (nSPS) is 10.6. The van der Waals surface area contributed by atoms with E-state index in [1.807, 2.05) is 6.92 Å². The number of nitrogens with zero attached hydrogens (tertiary/aromatic N) is 1. The molecular weight excluding hydrogens is 274 g/mol. The van der Waals surface area contributed by atoms with Crippen LogP contribution in [0.5, 0.6) is 11.5 Å². The highest BCUT2D eigenvalue weighted by Crippen LogP contribution is 2.32. The van der Waals surface area contributed by atoms with E-state index in [2.05, 4.69) is 0 Å². The zero-order valence-electron chi connectivity index (χ0n) is 12.2. The van der Waals surface area contributed by atoms with E-state index in [-0.39, 0.29) is 11.1 Å². The van der Waals surface area contributed by atoms with Gasteiger partial charge < -0.3 is 19.1 Å². The fraction of sp³-hybridized carbons (Fsp3) is 0.333. The van der Waals surface area contributed by atoms with Gasteiger partial charge in [-0.25, -0.2) is 4.79 Å². The van der Waals surface area contributed by atoms with Gasteiger partial charge in [0.15, 0.2) is 11.5 Å². The van der Waals surface area contributed by atoms with Gasteiger partial charge in [-0.05, 0) is 18.6 Å². The Kier molecular flexibility index (Phi) is 4.16. The highest BCUT2D eigenvalue weighted by atomic mass is 16.5. The first kappa shape index (κ1) is 14.9. The minimum Gasteiger partial charge on any atom is -0.493 e. The summed E-state index contributed by atoms with van der Waals surface area (Å²) in [5.41, 5.74) is -0.170. The van der Waals surface area contributed by atoms with Crippen molar-refractivity contribution < 1.29 is 19.4 Å². The van der Waals surface area contributed by atoms with Gasteiger partial charge in [0, 0.05) is 18.1 Å². The third-order valence-corrected chi connectivity index (χ3v) is 3.29. The standard InChI is InChI=1S/C15H17NO5/c1-4-5-16-8-11(15(18)19)9-6-12(20-2)13(21-3)7-10(9)14(16)17/h6-8H,4-5H2,1-3H3,(H,18,19). The van der Waals surface area contributed by atoms with Crippen molar-refractivity contribution in [2.75, 3.05) is 14.2 Å². The summed E-state index contributed by atoms with van der Waals surface area (Å²) >= 11 is 0. The number of pyridine rings is 1. The van der Waals surface area contributed by atoms with Crippen LogP contribution >= 0.6 is 0 Å². The van der Waals surface area contributed by atoms with Gasteiger partial charge in [-0.15, -0.1) is 0 Å². The minimum absolute atomic E-state index is 0.0685. The molecule has 0 unspecified atom stereocenters. The van der Waals surface area contributed by atoms with Crippen LogP contribution in [-0.4, -0.2) is 29.9 Å². The molecule has 0 fully saturated rings. The number of ether oxygens (including phenoxy) is 2. The van der Waals surface area contributed by atoms with E-state index in [0.717, 1.165) is 6.42 Å². The molecule has 2 aromatic rings. The molecule has 1 aromatic heterocycles. The smallest absolute Gasteiger partial charge is 0.337 e. The minimum atomic E-state index is -1.09. The monoisotopic (exact) mass is 291 g/mol. The number of aromatic carboxylic acids is 1. The second-order valence-electron chi connectivity index (χ2n) is 4.60. The molecule has 0 atom stereocenters. The molecule has 0 saturated carbocycles. The summed E-state index contributed by atoms with van der Waals surface area (Å²) in [6.07, 6.45) is 2.11. The first-order valence-corrected chi connectivity index (χ1v) is 6.56. The van der Waals surface area contributed by atoms with Gasteiger partial charge in [-0.3, -0.25) is 4.79 Å². The van der Waals surface area contributed by atoms with E-state index in [1.54, 1.807) is 0 Å². The lowest BCUT2D eigenvalue weighted by atomic mass is 10.1. The summed E-state index contributed by atoms with van der Waals surface area (Å²) in [4.78, 5) is 23.9. The number of carboxylic acids is 1. The van der Waals surface area contributed by atoms with Gasteiger partial charge in [0.2, 0.25) is 0 Å². The van der Waals surface area contributed by atoms with E-state index in [0.29, 0.717) is 28.8 Å². The van der Waals surface area contributed by atoms with Gasteiger partial charge in [-0.2, -0.15) is 0 Å². The molecule has 112 valence electrons. The first-order chi connectivity index (χ1) is 10.0. The summed E-state index contributed by atoms with van der Waals surface area (Å²) in [6, 6.07) is 3.05. The molecule has 0 bridgehead atoms. The van der Waals surface area contributed by atoms with Crippen molar-refractivity contribution in [1.82, 2.24) is 4.57 Å². The van der Waals surface area contributed by atoms with Crippen LogP contribution in [0.4, 0.5) is 0 Å². The van der Waals surface area contributed by atoms with Crippen LogP contribution in [0.3, 0.4) is 0 Å². The lowest BCUT2D eigenvalue weighted by Crippen LogP contribution is -2.22. The van der Waals surface area contributed by atoms with Gasteiger partial charge in [-0.1, -0.05) is 6.92 Å². The van der Waals surface area contributed by atoms with Crippen LogP contribution in [-0.2, 0) is 6.54 Å². The van der Waals surface area contributed by atoms with Crippen LogP contribution in [0.15, 0.2) is 23.1 Å². The molecule has 0 amide bonds. The molecule has 0 aliphatic rings. The molecule has 21 heavy (non-hydrogen) atoms. The maximum absolute atomic E-state index is 12.4. The third kappa shape index (κ3) is 2.56. The largest absolute Gasteiger partial charge is 0.493 e. The Morgan fingerprint density at radius 2 is 1.76 bits per heavy atom. The van der Waals surface area contributed by atoms with Crippen molar-refractivity contribution in [2.45, 2.75) is 19.9 Å². The molecule has 6 nitrogen and oxygen atoms in total. The van der Waals surface area contributed by atoms with Crippen LogP contribution in [0.25, 0.3) is 10.8 Å². The fourth-order valence-electron chi connectivity index (χ4n) is 2.29. The third-order valence-electron chi connectivity index (χ3n) is 3.29. The molecule has 1 aromatic carbocycles. The number of benzene rings is 1. The van der Waals surface area contributed by atoms with Crippen molar-refractivity contribution in [3.8, 4) is 11.5 Å². The van der Waals surface area contributed by atoms with Crippen molar-refractivity contribution in [3.63, 3.8) is 0 Å². The highest BCUT2D eigenvalue weighted by molar-refractivity contribution is 6.04. The summed E-state index contributed by atoms with van der Waals surface area (Å²) < 4.78 is 11.8. The molecule has 0 aliphatic heterocycles. The predicted octanol–water partition coefficient (Wildman–Crippen LogP) is 2.13. The Balaban J connectivity index is 2.90. The van der Waals surface area contributed by atoms with Crippen molar-refractivity contribution in [1.29, 1.82) is 0 Å². The molecule has 0 saturated heterocycles. The van der Waals surface area contributed by atoms with Gasteiger partial charge in [0.1, 0.15) is 0 Å². The van der Waals surface area contributed by atoms with Crippen molar-refractivity contribution >= 4 is 16.7 Å². The highest BCUT2D eigenvalue weighted by Gasteiger charge is 2.17. The Morgan fingerprint density at radius 3 is 2.24 bits per heavy atom. The van der Waals surface area contributed by atoms with E-state index in [9.17, 15) is 14.7 Å². The Hall–Kier alpha value is -2.50. The molecule has 1 heterocycles.